The summed E-state index contributed by atoms with van der Waals surface area (Å²) in [5, 5.41) is 3.45. The van der Waals surface area contributed by atoms with E-state index in [-0.39, 0.29) is 35.1 Å². The van der Waals surface area contributed by atoms with E-state index in [4.69, 9.17) is 0 Å². The molecule has 3 aromatic rings. The van der Waals surface area contributed by atoms with Crippen LogP contribution in [-0.4, -0.2) is 15.1 Å². The van der Waals surface area contributed by atoms with Gasteiger partial charge in [-0.3, -0.25) is 5.32 Å². The highest BCUT2D eigenvalue weighted by Crippen LogP contribution is 2.36. The Labute approximate surface area is 166 Å². The molecular weight excluding hydrogens is 395 g/mol. The lowest BCUT2D eigenvalue weighted by Crippen LogP contribution is -2.24. The Balaban J connectivity index is 0.00000261. The monoisotopic (exact) mass is 413 g/mol. The molecular formula is C19H19ClF3N3S. The maximum atomic E-state index is 12.4. The van der Waals surface area contributed by atoms with Gasteiger partial charge in [-0.25, -0.2) is 4.98 Å². The largest absolute Gasteiger partial charge is 0.446 e. The van der Waals surface area contributed by atoms with E-state index in [9.17, 15) is 13.2 Å². The average Bonchev–Trinajstić information content (AvgIpc) is 3.02. The fraction of sp³-hybridized carbons (Fsp3) is 0.211. The van der Waals surface area contributed by atoms with Gasteiger partial charge in [-0.1, -0.05) is 42.5 Å². The molecule has 8 heteroatoms. The molecule has 144 valence electrons. The van der Waals surface area contributed by atoms with Crippen molar-refractivity contribution >= 4 is 24.2 Å². The van der Waals surface area contributed by atoms with Gasteiger partial charge in [0.2, 0.25) is 0 Å². The summed E-state index contributed by atoms with van der Waals surface area (Å²) in [5.74, 6) is 0.875. The van der Waals surface area contributed by atoms with Gasteiger partial charge in [-0.15, -0.1) is 12.4 Å². The molecule has 0 saturated heterocycles. The Kier molecular flexibility index (Phi) is 7.35. The molecule has 0 bridgehead atoms. The number of rotatable bonds is 6. The van der Waals surface area contributed by atoms with Crippen LogP contribution in [0.2, 0.25) is 0 Å². The second-order valence-electron chi connectivity index (χ2n) is 5.81. The molecule has 2 aromatic carbocycles. The second-order valence-corrected chi connectivity index (χ2v) is 6.95. The van der Waals surface area contributed by atoms with Crippen LogP contribution in [0.5, 0.6) is 0 Å². The van der Waals surface area contributed by atoms with Crippen LogP contribution < -0.4 is 5.32 Å². The third-order valence-corrected chi connectivity index (χ3v) is 4.66. The summed E-state index contributed by atoms with van der Waals surface area (Å²) >= 11 is -0.103. The first-order valence-corrected chi connectivity index (χ1v) is 8.84. The SMILES string of the molecule is Cl.Cn1ccnc1C(NCc1ccc(SC(F)(F)F)cc1)c1ccccc1. The number of benzene rings is 2. The van der Waals surface area contributed by atoms with Crippen molar-refractivity contribution in [3.8, 4) is 0 Å². The van der Waals surface area contributed by atoms with Gasteiger partial charge in [0, 0.05) is 30.9 Å². The summed E-state index contributed by atoms with van der Waals surface area (Å²) in [5.41, 5.74) is -2.28. The molecule has 0 radical (unpaired) electrons. The average molecular weight is 414 g/mol. The smallest absolute Gasteiger partial charge is 0.336 e. The number of nitrogens with one attached hydrogen (secondary N) is 1. The molecule has 1 atom stereocenters. The molecule has 27 heavy (non-hydrogen) atoms. The fourth-order valence-electron chi connectivity index (χ4n) is 2.69. The highest BCUT2D eigenvalue weighted by Gasteiger charge is 2.29. The summed E-state index contributed by atoms with van der Waals surface area (Å²) in [7, 11) is 1.93. The number of thioether (sulfide) groups is 1. The van der Waals surface area contributed by atoms with Gasteiger partial charge in [-0.2, -0.15) is 13.2 Å². The standard InChI is InChI=1S/C19H18F3N3S.ClH/c1-25-12-11-23-18(25)17(15-5-3-2-4-6-15)24-13-14-7-9-16(10-8-14)26-19(20,21)22;/h2-12,17,24H,13H2,1H3;1H. The van der Waals surface area contributed by atoms with Gasteiger partial charge < -0.3 is 4.57 Å². The van der Waals surface area contributed by atoms with Crippen molar-refractivity contribution in [3.63, 3.8) is 0 Å². The van der Waals surface area contributed by atoms with E-state index in [0.29, 0.717) is 6.54 Å². The molecule has 0 spiro atoms. The van der Waals surface area contributed by atoms with Gasteiger partial charge in [-0.05, 0) is 35.0 Å². The minimum Gasteiger partial charge on any atom is -0.336 e. The van der Waals surface area contributed by atoms with Crippen molar-refractivity contribution in [1.82, 2.24) is 14.9 Å². The zero-order valence-electron chi connectivity index (χ0n) is 14.5. The Bertz CT molecular complexity index is 835. The molecule has 1 N–H and O–H groups in total. The number of alkyl halides is 3. The fourth-order valence-corrected chi connectivity index (χ4v) is 3.23. The topological polar surface area (TPSA) is 29.9 Å². The Morgan fingerprint density at radius 2 is 1.74 bits per heavy atom. The number of aryl methyl sites for hydroxylation is 1. The second kappa shape index (κ2) is 9.30. The Morgan fingerprint density at radius 3 is 2.30 bits per heavy atom. The first-order chi connectivity index (χ1) is 12.4. The zero-order chi connectivity index (χ0) is 18.6. The number of hydrogen-bond donors (Lipinski definition) is 1. The lowest BCUT2D eigenvalue weighted by atomic mass is 10.1. The van der Waals surface area contributed by atoms with Gasteiger partial charge in [0.25, 0.3) is 0 Å². The van der Waals surface area contributed by atoms with Gasteiger partial charge in [0.1, 0.15) is 5.82 Å². The van der Waals surface area contributed by atoms with Crippen LogP contribution in [0.25, 0.3) is 0 Å². The predicted molar refractivity (Wildman–Crippen MR) is 104 cm³/mol. The highest BCUT2D eigenvalue weighted by molar-refractivity contribution is 8.00. The Hall–Kier alpha value is -1.96. The molecule has 1 unspecified atom stereocenters. The van der Waals surface area contributed by atoms with Crippen LogP contribution in [0.4, 0.5) is 13.2 Å². The van der Waals surface area contributed by atoms with E-state index in [0.717, 1.165) is 17.0 Å². The molecule has 1 heterocycles. The van der Waals surface area contributed by atoms with Crippen LogP contribution in [0.15, 0.2) is 71.9 Å². The van der Waals surface area contributed by atoms with Gasteiger partial charge in [0.05, 0.1) is 6.04 Å². The van der Waals surface area contributed by atoms with Crippen LogP contribution in [0, 0.1) is 0 Å². The number of hydrogen-bond acceptors (Lipinski definition) is 3. The van der Waals surface area contributed by atoms with Crippen LogP contribution in [0.3, 0.4) is 0 Å². The Morgan fingerprint density at radius 1 is 1.07 bits per heavy atom. The number of halogens is 4. The molecule has 0 aliphatic carbocycles. The van der Waals surface area contributed by atoms with Crippen molar-refractivity contribution in [1.29, 1.82) is 0 Å². The molecule has 1 aromatic heterocycles. The number of aromatic nitrogens is 2. The zero-order valence-corrected chi connectivity index (χ0v) is 16.1. The third-order valence-electron chi connectivity index (χ3n) is 3.92. The van der Waals surface area contributed by atoms with Crippen LogP contribution in [0.1, 0.15) is 23.0 Å². The number of imidazole rings is 1. The summed E-state index contributed by atoms with van der Waals surface area (Å²) < 4.78 is 39.2. The van der Waals surface area contributed by atoms with E-state index in [1.54, 1.807) is 18.3 Å². The minimum atomic E-state index is -4.27. The van der Waals surface area contributed by atoms with Crippen molar-refractivity contribution in [2.45, 2.75) is 23.0 Å². The van der Waals surface area contributed by atoms with E-state index < -0.39 is 5.51 Å². The normalized spacial score (nSPS) is 12.4. The van der Waals surface area contributed by atoms with E-state index in [2.05, 4.69) is 10.3 Å². The number of nitrogens with zero attached hydrogens (tertiary/aromatic N) is 2. The molecule has 0 saturated carbocycles. The van der Waals surface area contributed by atoms with E-state index in [1.807, 2.05) is 48.1 Å². The summed E-state index contributed by atoms with van der Waals surface area (Å²) in [6.45, 7) is 0.517. The van der Waals surface area contributed by atoms with Crippen LogP contribution >= 0.6 is 24.2 Å². The minimum absolute atomic E-state index is 0. The molecule has 0 aliphatic heterocycles. The molecule has 0 fully saturated rings. The van der Waals surface area contributed by atoms with Gasteiger partial charge >= 0.3 is 5.51 Å². The van der Waals surface area contributed by atoms with Crippen molar-refractivity contribution in [2.24, 2.45) is 7.05 Å². The van der Waals surface area contributed by atoms with Crippen molar-refractivity contribution < 1.29 is 13.2 Å². The first-order valence-electron chi connectivity index (χ1n) is 8.02. The summed E-state index contributed by atoms with van der Waals surface area (Å²) in [4.78, 5) is 4.62. The highest BCUT2D eigenvalue weighted by atomic mass is 35.5. The molecule has 3 nitrogen and oxygen atoms in total. The first kappa shape index (κ1) is 21.3. The predicted octanol–water partition coefficient (Wildman–Crippen LogP) is 5.33. The maximum absolute atomic E-state index is 12.4. The molecule has 0 amide bonds. The van der Waals surface area contributed by atoms with Crippen molar-refractivity contribution in [2.75, 3.05) is 0 Å². The van der Waals surface area contributed by atoms with Crippen molar-refractivity contribution in [3.05, 3.63) is 83.9 Å². The quantitative estimate of drug-likeness (QED) is 0.554. The van der Waals surface area contributed by atoms with E-state index in [1.165, 1.54) is 12.1 Å². The van der Waals surface area contributed by atoms with E-state index >= 15 is 0 Å². The summed E-state index contributed by atoms with van der Waals surface area (Å²) in [6.07, 6.45) is 3.63. The third kappa shape index (κ3) is 6.02. The maximum Gasteiger partial charge on any atom is 0.446 e. The molecule has 0 aliphatic rings. The van der Waals surface area contributed by atoms with Gasteiger partial charge in [0.15, 0.2) is 0 Å². The van der Waals surface area contributed by atoms with Crippen LogP contribution in [-0.2, 0) is 13.6 Å². The lowest BCUT2D eigenvalue weighted by Gasteiger charge is -2.19. The summed E-state index contributed by atoms with van der Waals surface area (Å²) in [6, 6.07) is 16.2. The molecule has 3 rings (SSSR count). The lowest BCUT2D eigenvalue weighted by molar-refractivity contribution is -0.0328.